The SMILES string of the molecule is CC(=O)O[C@@H]1[C@@H](OC(C)=O)[C@H](N=[N+]=[N-])C[C@H](N=[N+]=[N-])[C@H]1O[C@H]1O[C@H](CN=[N+]=[N-])[C@H](OC(=O)c2ccc([N+](=O)[O-])cc2)[C@H](F)[C@H]1N=[N+]=[N-].CC(=O)O[C@@H]1[C@@H](OC(C)=O)[C@H](O)[C@@H](N=[N+]=[N-])C[C@H]1N=[N+]=[N-].[N-]=[N+]=NC[C@H]1OC(O)[C@H](N=[N+]=[N-])[C@@H](F)[C@H]1OC(=O)c1ccc([N+](=O)[O-])cc1. The third-order valence-corrected chi connectivity index (χ3v) is 13.4. The number of carbonyl (C=O) groups excluding carboxylic acids is 6. The molecule has 49 heteroatoms. The van der Waals surface area contributed by atoms with Crippen LogP contribution in [0.25, 0.3) is 83.5 Å². The number of aliphatic hydroxyl groups excluding tert-OH is 2. The smallest absolute Gasteiger partial charge is 0.338 e. The number of hydrogen-bond acceptors (Lipinski definition) is 29. The minimum atomic E-state index is -2.42. The minimum absolute atomic E-state index is 0.0367. The molecule has 504 valence electrons. The Kier molecular flexibility index (Phi) is 29.4. The van der Waals surface area contributed by atoms with Crippen LogP contribution in [0.4, 0.5) is 20.2 Å². The highest BCUT2D eigenvalue weighted by Gasteiger charge is 2.55. The molecule has 2 aromatic rings. The van der Waals surface area contributed by atoms with Gasteiger partial charge in [0.05, 0.1) is 58.2 Å². The average Bonchev–Trinajstić information content (AvgIpc) is 0.789. The molecule has 2 aliphatic carbocycles. The van der Waals surface area contributed by atoms with Crippen molar-refractivity contribution in [2.45, 2.75) is 163 Å². The highest BCUT2D eigenvalue weighted by Crippen LogP contribution is 2.38. The lowest BCUT2D eigenvalue weighted by Crippen LogP contribution is -2.63. The fourth-order valence-electron chi connectivity index (χ4n) is 9.54. The van der Waals surface area contributed by atoms with Gasteiger partial charge in [0.1, 0.15) is 48.7 Å². The number of carbonyl (C=O) groups is 6. The molecule has 4 aliphatic rings. The normalized spacial score (nSPS) is 29.2. The number of nitro groups is 2. The van der Waals surface area contributed by atoms with Crippen LogP contribution in [0.2, 0.25) is 0 Å². The van der Waals surface area contributed by atoms with Gasteiger partial charge in [0.15, 0.2) is 49.3 Å². The Bertz CT molecular complexity index is 3550. The number of rotatable bonds is 22. The lowest BCUT2D eigenvalue weighted by atomic mass is 9.84. The van der Waals surface area contributed by atoms with Gasteiger partial charge in [0.2, 0.25) is 0 Å². The van der Waals surface area contributed by atoms with Crippen molar-refractivity contribution in [3.8, 4) is 0 Å². The molecule has 95 heavy (non-hydrogen) atoms. The van der Waals surface area contributed by atoms with Gasteiger partial charge in [0, 0.05) is 91.3 Å². The molecule has 2 saturated carbocycles. The molecule has 2 aliphatic heterocycles. The van der Waals surface area contributed by atoms with E-state index in [2.05, 4.69) is 80.2 Å². The first-order valence-corrected chi connectivity index (χ1v) is 26.7. The van der Waals surface area contributed by atoms with Gasteiger partial charge < -0.3 is 52.8 Å². The van der Waals surface area contributed by atoms with Crippen molar-refractivity contribution in [3.05, 3.63) is 163 Å². The van der Waals surface area contributed by atoms with Crippen LogP contribution in [0.5, 0.6) is 0 Å². The van der Waals surface area contributed by atoms with Crippen molar-refractivity contribution in [2.75, 3.05) is 13.1 Å². The fraction of sp³-hybridized carbons (Fsp3) is 0.609. The number of esters is 6. The van der Waals surface area contributed by atoms with E-state index in [9.17, 15) is 74.7 Å². The molecule has 0 spiro atoms. The molecule has 6 rings (SSSR count). The summed E-state index contributed by atoms with van der Waals surface area (Å²) in [4.78, 5) is 112. The summed E-state index contributed by atoms with van der Waals surface area (Å²) in [5.74, 6) is -5.45. The summed E-state index contributed by atoms with van der Waals surface area (Å²) in [5, 5.41) is 68.4. The summed E-state index contributed by atoms with van der Waals surface area (Å²) in [5.41, 5.74) is 69.4. The molecule has 2 N–H and O–H groups in total. The molecule has 0 radical (unpaired) electrons. The predicted molar refractivity (Wildman–Crippen MR) is 302 cm³/mol. The number of azide groups is 8. The van der Waals surface area contributed by atoms with E-state index in [1.54, 1.807) is 0 Å². The van der Waals surface area contributed by atoms with Gasteiger partial charge in [-0.1, -0.05) is 40.9 Å². The first-order valence-electron chi connectivity index (χ1n) is 26.7. The first-order chi connectivity index (χ1) is 45.2. The summed E-state index contributed by atoms with van der Waals surface area (Å²) >= 11 is 0. The van der Waals surface area contributed by atoms with Gasteiger partial charge in [-0.2, -0.15) is 0 Å². The number of alkyl halides is 2. The zero-order valence-corrected chi connectivity index (χ0v) is 49.0. The Balaban J connectivity index is 0.000000336. The molecule has 47 nitrogen and oxygen atoms in total. The van der Waals surface area contributed by atoms with E-state index in [1.165, 1.54) is 0 Å². The topological polar surface area (TPSA) is 702 Å². The highest BCUT2D eigenvalue weighted by atomic mass is 19.1. The summed E-state index contributed by atoms with van der Waals surface area (Å²) in [7, 11) is 0. The number of non-ortho nitro benzene ring substituents is 2. The van der Waals surface area contributed by atoms with Crippen molar-refractivity contribution >= 4 is 47.2 Å². The monoisotopic (exact) mass is 1340 g/mol. The number of halogens is 2. The molecule has 0 aromatic heterocycles. The third kappa shape index (κ3) is 21.1. The Labute approximate surface area is 526 Å². The van der Waals surface area contributed by atoms with Gasteiger partial charge in [0.25, 0.3) is 11.4 Å². The number of benzene rings is 2. The zero-order valence-electron chi connectivity index (χ0n) is 49.0. The van der Waals surface area contributed by atoms with Crippen LogP contribution in [0.3, 0.4) is 0 Å². The van der Waals surface area contributed by atoms with Crippen LogP contribution in [0.15, 0.2) is 89.4 Å². The quantitative estimate of drug-likeness (QED) is 0.0222. The maximum atomic E-state index is 16.2. The average molecular weight is 1340 g/mol. The van der Waals surface area contributed by atoms with Crippen molar-refractivity contribution in [1.29, 1.82) is 0 Å². The second-order valence-electron chi connectivity index (χ2n) is 19.5. The maximum absolute atomic E-state index is 16.2. The largest absolute Gasteiger partial charge is 0.458 e. The standard InChI is InChI=1S/C23H24FN13O10.C13H12FN7O6.C10H14N6O5/c1-9(38)43-18-13(30-34-26)7-14(31-35-27)19(21(18)44-10(2)39)47-23-17(32-36-28)16(24)20(15(45-23)8-29-33-25)46-22(40)11-3-5-12(6-4-11)37(41)42;14-9-10(18-20-16)13(23)26-8(5-17-19-15)11(9)27-12(22)6-1-3-7(4-2-6)21(24)25;1-4(17)20-9-7(14-16-12)3-6(13-15-11)8(19)10(9)21-5(2)18/h3-6,13-21,23H,7-8H2,1-2H3;1-4,8-11,13,23H,5H2;6-10,19H,3H2,1-2H3/t13-,14+,15-,16-,17-,18+,19-,20+,21-,23-;8-,9-,10-,11+,13?;6-,7+,8+,9-,10-/m110/s1. The van der Waals surface area contributed by atoms with Gasteiger partial charge >= 0.3 is 35.8 Å². The molecule has 4 fully saturated rings. The number of hydrogen-bond donors (Lipinski definition) is 2. The van der Waals surface area contributed by atoms with Crippen LogP contribution in [-0.4, -0.2) is 191 Å². The van der Waals surface area contributed by atoms with Gasteiger partial charge in [-0.3, -0.25) is 39.4 Å². The van der Waals surface area contributed by atoms with E-state index in [4.69, 9.17) is 75.8 Å². The number of nitrogens with zero attached hydrogens (tertiary/aromatic N) is 26. The molecule has 20 atom stereocenters. The van der Waals surface area contributed by atoms with Crippen LogP contribution in [0.1, 0.15) is 61.3 Å². The van der Waals surface area contributed by atoms with Crippen LogP contribution >= 0.6 is 0 Å². The Morgan fingerprint density at radius 1 is 0.484 bits per heavy atom. The second-order valence-corrected chi connectivity index (χ2v) is 19.5. The van der Waals surface area contributed by atoms with Gasteiger partial charge in [-0.05, 0) is 81.4 Å². The third-order valence-electron chi connectivity index (χ3n) is 13.4. The Morgan fingerprint density at radius 2 is 0.832 bits per heavy atom. The second kappa shape index (κ2) is 36.9. The zero-order chi connectivity index (χ0) is 70.6. The number of ether oxygens (including phenoxy) is 9. The molecular formula is C46H50F2N26O21. The summed E-state index contributed by atoms with van der Waals surface area (Å²) in [6, 6.07) is 0.331. The molecule has 0 amide bonds. The lowest BCUT2D eigenvalue weighted by Gasteiger charge is -2.46. The van der Waals surface area contributed by atoms with E-state index in [-0.39, 0.29) is 35.3 Å². The first kappa shape index (κ1) is 75.7. The molecule has 2 heterocycles. The van der Waals surface area contributed by atoms with Crippen molar-refractivity contribution < 1.29 is 100 Å². The molecule has 2 saturated heterocycles. The van der Waals surface area contributed by atoms with E-state index in [0.717, 1.165) is 76.2 Å². The van der Waals surface area contributed by atoms with E-state index in [1.807, 2.05) is 0 Å². The lowest BCUT2D eigenvalue weighted by molar-refractivity contribution is -0.385. The molecule has 1 unspecified atom stereocenters. The number of aliphatic hydroxyl groups is 2. The number of nitro benzene ring substituents is 2. The van der Waals surface area contributed by atoms with Gasteiger partial charge in [-0.25, -0.2) is 18.4 Å². The fourth-order valence-corrected chi connectivity index (χ4v) is 9.54. The van der Waals surface area contributed by atoms with Crippen LogP contribution in [0, 0.1) is 20.2 Å². The van der Waals surface area contributed by atoms with E-state index >= 15 is 4.39 Å². The van der Waals surface area contributed by atoms with Crippen molar-refractivity contribution in [2.24, 2.45) is 40.9 Å². The summed E-state index contributed by atoms with van der Waals surface area (Å²) < 4.78 is 78.4. The van der Waals surface area contributed by atoms with Crippen molar-refractivity contribution in [1.82, 2.24) is 0 Å². The van der Waals surface area contributed by atoms with Crippen molar-refractivity contribution in [3.63, 3.8) is 0 Å². The summed E-state index contributed by atoms with van der Waals surface area (Å²) in [6.07, 6.45) is -23.8. The molecular weight excluding hydrogens is 1290 g/mol. The molecule has 2 aromatic carbocycles. The Morgan fingerprint density at radius 3 is 1.23 bits per heavy atom. The predicted octanol–water partition coefficient (Wildman–Crippen LogP) is 7.32. The van der Waals surface area contributed by atoms with E-state index < -0.39 is 181 Å². The maximum Gasteiger partial charge on any atom is 0.338 e. The molecule has 0 bridgehead atoms. The van der Waals surface area contributed by atoms with Crippen LogP contribution in [-0.2, 0) is 61.8 Å². The Hall–Kier alpha value is -11.8. The summed E-state index contributed by atoms with van der Waals surface area (Å²) in [6.45, 7) is 3.11. The highest BCUT2D eigenvalue weighted by molar-refractivity contribution is 5.90. The van der Waals surface area contributed by atoms with Gasteiger partial charge in [-0.15, -0.1) is 0 Å². The van der Waals surface area contributed by atoms with Crippen LogP contribution < -0.4 is 0 Å². The van der Waals surface area contributed by atoms with E-state index in [0.29, 0.717) is 0 Å². The minimum Gasteiger partial charge on any atom is -0.458 e.